The van der Waals surface area contributed by atoms with Crippen molar-refractivity contribution >= 4 is 33.5 Å². The molecule has 0 amide bonds. The SMILES string of the molecule is CN(C)CCNC(C(=O)O)c1ccc(Cl)c(Br)c1. The number of aliphatic carboxylic acids is 1. The van der Waals surface area contributed by atoms with Gasteiger partial charge in [0.25, 0.3) is 0 Å². The van der Waals surface area contributed by atoms with Gasteiger partial charge >= 0.3 is 5.97 Å². The van der Waals surface area contributed by atoms with Gasteiger partial charge in [0.1, 0.15) is 6.04 Å². The molecule has 0 spiro atoms. The maximum atomic E-state index is 11.2. The number of nitrogens with zero attached hydrogens (tertiary/aromatic N) is 1. The number of likely N-dealkylation sites (N-methyl/N-ethyl adjacent to an activating group) is 1. The molecule has 0 radical (unpaired) electrons. The van der Waals surface area contributed by atoms with Crippen LogP contribution in [0.1, 0.15) is 11.6 Å². The second kappa shape index (κ2) is 7.09. The average molecular weight is 336 g/mol. The molecule has 0 aliphatic rings. The molecule has 4 nitrogen and oxygen atoms in total. The lowest BCUT2D eigenvalue weighted by atomic mass is 10.1. The van der Waals surface area contributed by atoms with Crippen LogP contribution in [0.4, 0.5) is 0 Å². The minimum absolute atomic E-state index is 0.566. The molecule has 0 aliphatic carbocycles. The maximum Gasteiger partial charge on any atom is 0.325 e. The van der Waals surface area contributed by atoms with E-state index in [1.54, 1.807) is 18.2 Å². The third-order valence-electron chi connectivity index (χ3n) is 2.43. The van der Waals surface area contributed by atoms with E-state index in [2.05, 4.69) is 21.2 Å². The second-order valence-electron chi connectivity index (χ2n) is 4.20. The molecule has 1 rings (SSSR count). The zero-order valence-electron chi connectivity index (χ0n) is 10.3. The van der Waals surface area contributed by atoms with E-state index < -0.39 is 12.0 Å². The van der Waals surface area contributed by atoms with Crippen LogP contribution in [0, 0.1) is 0 Å². The Labute approximate surface area is 120 Å². The topological polar surface area (TPSA) is 52.6 Å². The second-order valence-corrected chi connectivity index (χ2v) is 5.46. The molecule has 0 heterocycles. The van der Waals surface area contributed by atoms with Gasteiger partial charge in [0.15, 0.2) is 0 Å². The van der Waals surface area contributed by atoms with Gasteiger partial charge in [-0.3, -0.25) is 10.1 Å². The van der Waals surface area contributed by atoms with Crippen LogP contribution >= 0.6 is 27.5 Å². The Kier molecular flexibility index (Phi) is 6.08. The first kappa shape index (κ1) is 15.4. The van der Waals surface area contributed by atoms with E-state index in [-0.39, 0.29) is 0 Å². The van der Waals surface area contributed by atoms with Gasteiger partial charge in [-0.15, -0.1) is 0 Å². The zero-order chi connectivity index (χ0) is 13.7. The monoisotopic (exact) mass is 334 g/mol. The van der Waals surface area contributed by atoms with Crippen molar-refractivity contribution in [1.82, 2.24) is 10.2 Å². The molecule has 1 aromatic rings. The Bertz CT molecular complexity index is 427. The summed E-state index contributed by atoms with van der Waals surface area (Å²) in [4.78, 5) is 13.2. The molecule has 2 N–H and O–H groups in total. The van der Waals surface area contributed by atoms with Crippen molar-refractivity contribution in [2.24, 2.45) is 0 Å². The van der Waals surface area contributed by atoms with Crippen LogP contribution in [0.3, 0.4) is 0 Å². The summed E-state index contributed by atoms with van der Waals surface area (Å²) in [6, 6.07) is 4.40. The summed E-state index contributed by atoms with van der Waals surface area (Å²) >= 11 is 9.18. The van der Waals surface area contributed by atoms with Crippen molar-refractivity contribution in [1.29, 1.82) is 0 Å². The number of carbonyl (C=O) groups is 1. The Balaban J connectivity index is 2.78. The van der Waals surface area contributed by atoms with E-state index in [1.807, 2.05) is 19.0 Å². The van der Waals surface area contributed by atoms with Gasteiger partial charge in [-0.25, -0.2) is 0 Å². The van der Waals surface area contributed by atoms with Crippen molar-refractivity contribution in [3.05, 3.63) is 33.3 Å². The van der Waals surface area contributed by atoms with E-state index in [0.29, 0.717) is 21.6 Å². The molecule has 0 saturated carbocycles. The zero-order valence-corrected chi connectivity index (χ0v) is 12.6. The van der Waals surface area contributed by atoms with Crippen LogP contribution in [0.15, 0.2) is 22.7 Å². The quantitative estimate of drug-likeness (QED) is 0.838. The molecule has 1 aromatic carbocycles. The number of carboxylic acid groups (broad SMARTS) is 1. The molecule has 1 atom stereocenters. The molecule has 0 bridgehead atoms. The molecule has 100 valence electrons. The highest BCUT2D eigenvalue weighted by atomic mass is 79.9. The van der Waals surface area contributed by atoms with Crippen molar-refractivity contribution < 1.29 is 9.90 Å². The highest BCUT2D eigenvalue weighted by Gasteiger charge is 2.19. The summed E-state index contributed by atoms with van der Waals surface area (Å²) in [5.74, 6) is -0.900. The predicted molar refractivity (Wildman–Crippen MR) is 76.1 cm³/mol. The maximum absolute atomic E-state index is 11.2. The summed E-state index contributed by atoms with van der Waals surface area (Å²) in [5, 5.41) is 12.8. The number of hydrogen-bond acceptors (Lipinski definition) is 3. The van der Waals surface area contributed by atoms with Crippen LogP contribution in [0.25, 0.3) is 0 Å². The first-order valence-corrected chi connectivity index (χ1v) is 6.64. The van der Waals surface area contributed by atoms with Crippen LogP contribution in [0.5, 0.6) is 0 Å². The van der Waals surface area contributed by atoms with E-state index >= 15 is 0 Å². The summed E-state index contributed by atoms with van der Waals surface area (Å²) in [6.07, 6.45) is 0. The Morgan fingerprint density at radius 2 is 2.22 bits per heavy atom. The van der Waals surface area contributed by atoms with Crippen molar-refractivity contribution in [2.45, 2.75) is 6.04 Å². The number of halogens is 2. The summed E-state index contributed by atoms with van der Waals surface area (Å²) < 4.78 is 0.697. The van der Waals surface area contributed by atoms with E-state index in [1.165, 1.54) is 0 Å². The number of benzene rings is 1. The fourth-order valence-corrected chi connectivity index (χ4v) is 1.99. The van der Waals surface area contributed by atoms with E-state index in [9.17, 15) is 9.90 Å². The van der Waals surface area contributed by atoms with Gasteiger partial charge in [0, 0.05) is 17.6 Å². The predicted octanol–water partition coefficient (Wildman–Crippen LogP) is 2.38. The number of nitrogens with one attached hydrogen (secondary N) is 1. The standard InChI is InChI=1S/C12H16BrClN2O2/c1-16(2)6-5-15-11(12(17)18)8-3-4-10(14)9(13)7-8/h3-4,7,11,15H,5-6H2,1-2H3,(H,17,18). The Morgan fingerprint density at radius 3 is 2.72 bits per heavy atom. The molecule has 0 aliphatic heterocycles. The summed E-state index contributed by atoms with van der Waals surface area (Å²) in [7, 11) is 3.88. The highest BCUT2D eigenvalue weighted by Crippen LogP contribution is 2.26. The number of carboxylic acids is 1. The largest absolute Gasteiger partial charge is 0.480 e. The van der Waals surface area contributed by atoms with E-state index in [0.717, 1.165) is 6.54 Å². The molecule has 1 unspecified atom stereocenters. The summed E-state index contributed by atoms with van der Waals surface area (Å²) in [6.45, 7) is 1.38. The van der Waals surface area contributed by atoms with Gasteiger partial charge in [0.05, 0.1) is 5.02 Å². The van der Waals surface area contributed by atoms with Crippen LogP contribution < -0.4 is 5.32 Å². The normalized spacial score (nSPS) is 12.7. The fourth-order valence-electron chi connectivity index (χ4n) is 1.47. The molecular weight excluding hydrogens is 320 g/mol. The third kappa shape index (κ3) is 4.57. The van der Waals surface area contributed by atoms with Crippen LogP contribution in [-0.2, 0) is 4.79 Å². The van der Waals surface area contributed by atoms with Crippen LogP contribution in [-0.4, -0.2) is 43.2 Å². The first-order chi connectivity index (χ1) is 8.41. The lowest BCUT2D eigenvalue weighted by Crippen LogP contribution is -2.33. The van der Waals surface area contributed by atoms with E-state index in [4.69, 9.17) is 11.6 Å². The highest BCUT2D eigenvalue weighted by molar-refractivity contribution is 9.10. The Morgan fingerprint density at radius 1 is 1.56 bits per heavy atom. The fraction of sp³-hybridized carbons (Fsp3) is 0.417. The Hall–Kier alpha value is -0.620. The smallest absolute Gasteiger partial charge is 0.325 e. The van der Waals surface area contributed by atoms with Crippen molar-refractivity contribution in [2.75, 3.05) is 27.2 Å². The number of rotatable bonds is 6. The molecule has 0 fully saturated rings. The summed E-state index contributed by atoms with van der Waals surface area (Å²) in [5.41, 5.74) is 0.678. The van der Waals surface area contributed by atoms with Gasteiger partial charge < -0.3 is 10.0 Å². The van der Waals surface area contributed by atoms with Gasteiger partial charge in [-0.1, -0.05) is 17.7 Å². The molecule has 18 heavy (non-hydrogen) atoms. The first-order valence-electron chi connectivity index (χ1n) is 5.47. The van der Waals surface area contributed by atoms with Gasteiger partial charge in [0.2, 0.25) is 0 Å². The average Bonchev–Trinajstić information content (AvgIpc) is 2.27. The lowest BCUT2D eigenvalue weighted by Gasteiger charge is -2.17. The molecule has 6 heteroatoms. The third-order valence-corrected chi connectivity index (χ3v) is 3.65. The molecular formula is C12H16BrClN2O2. The minimum atomic E-state index is -0.900. The van der Waals surface area contributed by atoms with Crippen molar-refractivity contribution in [3.63, 3.8) is 0 Å². The van der Waals surface area contributed by atoms with Crippen molar-refractivity contribution in [3.8, 4) is 0 Å². The van der Waals surface area contributed by atoms with Gasteiger partial charge in [-0.2, -0.15) is 0 Å². The molecule has 0 aromatic heterocycles. The minimum Gasteiger partial charge on any atom is -0.480 e. The van der Waals surface area contributed by atoms with Gasteiger partial charge in [-0.05, 0) is 47.7 Å². The lowest BCUT2D eigenvalue weighted by molar-refractivity contribution is -0.139. The molecule has 0 saturated heterocycles. The number of hydrogen-bond donors (Lipinski definition) is 2. The van der Waals surface area contributed by atoms with Crippen LogP contribution in [0.2, 0.25) is 5.02 Å².